The minimum Gasteiger partial charge on any atom is -0.481 e. The fourth-order valence-corrected chi connectivity index (χ4v) is 3.12. The molecule has 0 aromatic heterocycles. The molecule has 5 nitrogen and oxygen atoms in total. The second-order valence-corrected chi connectivity index (χ2v) is 6.92. The zero-order valence-electron chi connectivity index (χ0n) is 12.4. The Kier molecular flexibility index (Phi) is 3.77. The van der Waals surface area contributed by atoms with Crippen molar-refractivity contribution in [2.45, 2.75) is 31.7 Å². The molecule has 118 valence electrons. The summed E-state index contributed by atoms with van der Waals surface area (Å²) in [7, 11) is 0. The number of hydrogen-bond donors (Lipinski definition) is 2. The van der Waals surface area contributed by atoms with Gasteiger partial charge in [-0.1, -0.05) is 23.7 Å². The van der Waals surface area contributed by atoms with Crippen LogP contribution in [0.15, 0.2) is 24.3 Å². The molecule has 1 heterocycles. The van der Waals surface area contributed by atoms with Crippen molar-refractivity contribution in [3.05, 3.63) is 34.9 Å². The highest BCUT2D eigenvalue weighted by Gasteiger charge is 2.45. The van der Waals surface area contributed by atoms with E-state index >= 15 is 0 Å². The van der Waals surface area contributed by atoms with Gasteiger partial charge in [0.25, 0.3) is 0 Å². The molecule has 1 aromatic carbocycles. The summed E-state index contributed by atoms with van der Waals surface area (Å²) in [6, 6.07) is 7.64. The van der Waals surface area contributed by atoms with Crippen LogP contribution in [0.3, 0.4) is 0 Å². The molecule has 1 aliphatic carbocycles. The van der Waals surface area contributed by atoms with Crippen LogP contribution in [0.2, 0.25) is 5.02 Å². The number of benzene rings is 1. The van der Waals surface area contributed by atoms with E-state index in [0.717, 1.165) is 6.42 Å². The predicted octanol–water partition coefficient (Wildman–Crippen LogP) is 2.70. The van der Waals surface area contributed by atoms with Gasteiger partial charge in [-0.3, -0.25) is 4.79 Å². The number of carbonyl (C=O) groups excluding carboxylic acids is 1. The maximum absolute atomic E-state index is 12.2. The first-order valence-electron chi connectivity index (χ1n) is 7.43. The maximum Gasteiger partial charge on any atom is 0.317 e. The summed E-state index contributed by atoms with van der Waals surface area (Å²) in [5.74, 6) is -0.511. The quantitative estimate of drug-likeness (QED) is 0.899. The van der Waals surface area contributed by atoms with Crippen LogP contribution in [0.5, 0.6) is 0 Å². The van der Waals surface area contributed by atoms with E-state index in [0.29, 0.717) is 23.9 Å². The van der Waals surface area contributed by atoms with Crippen LogP contribution in [0.4, 0.5) is 4.79 Å². The molecule has 22 heavy (non-hydrogen) atoms. The van der Waals surface area contributed by atoms with E-state index in [2.05, 4.69) is 5.32 Å². The number of aliphatic carboxylic acids is 1. The first kappa shape index (κ1) is 15.2. The fraction of sp³-hybridized carbons (Fsp3) is 0.500. The lowest BCUT2D eigenvalue weighted by atomic mass is 9.90. The molecular weight excluding hydrogens is 304 g/mol. The molecule has 1 aliphatic heterocycles. The lowest BCUT2D eigenvalue weighted by Gasteiger charge is -2.20. The Morgan fingerprint density at radius 3 is 2.64 bits per heavy atom. The van der Waals surface area contributed by atoms with Gasteiger partial charge in [0, 0.05) is 30.1 Å². The summed E-state index contributed by atoms with van der Waals surface area (Å²) in [4.78, 5) is 25.1. The number of halogens is 1. The van der Waals surface area contributed by atoms with Gasteiger partial charge < -0.3 is 15.3 Å². The average molecular weight is 323 g/mol. The zero-order chi connectivity index (χ0) is 15.9. The minimum absolute atomic E-state index is 0.130. The van der Waals surface area contributed by atoms with Gasteiger partial charge in [-0.25, -0.2) is 4.79 Å². The van der Waals surface area contributed by atoms with E-state index in [9.17, 15) is 14.7 Å². The third kappa shape index (κ3) is 2.90. The molecule has 3 rings (SSSR count). The number of amides is 2. The highest BCUT2D eigenvalue weighted by molar-refractivity contribution is 6.30. The molecule has 1 unspecified atom stereocenters. The van der Waals surface area contributed by atoms with Gasteiger partial charge in [0.1, 0.15) is 0 Å². The standard InChI is InChI=1S/C16H19ClN2O3/c1-16(14(20)21)6-7-19(9-16)15(22)18-13-8-12(13)10-2-4-11(17)5-3-10/h2-5,12-13H,6-9H2,1H3,(H,18,22)(H,20,21)/t12-,13+,16?/m0/s1. The number of urea groups is 1. The van der Waals surface area contributed by atoms with E-state index in [4.69, 9.17) is 11.6 Å². The van der Waals surface area contributed by atoms with Gasteiger partial charge >= 0.3 is 12.0 Å². The molecule has 2 amide bonds. The zero-order valence-corrected chi connectivity index (χ0v) is 13.1. The van der Waals surface area contributed by atoms with Crippen molar-refractivity contribution in [3.8, 4) is 0 Å². The van der Waals surface area contributed by atoms with Crippen molar-refractivity contribution in [1.82, 2.24) is 10.2 Å². The number of rotatable bonds is 3. The van der Waals surface area contributed by atoms with E-state index < -0.39 is 11.4 Å². The van der Waals surface area contributed by atoms with Gasteiger partial charge in [-0.15, -0.1) is 0 Å². The number of nitrogens with one attached hydrogen (secondary N) is 1. The highest BCUT2D eigenvalue weighted by atomic mass is 35.5. The Morgan fingerprint density at radius 2 is 2.05 bits per heavy atom. The molecule has 1 saturated carbocycles. The minimum atomic E-state index is -0.840. The topological polar surface area (TPSA) is 69.6 Å². The monoisotopic (exact) mass is 322 g/mol. The van der Waals surface area contributed by atoms with Gasteiger partial charge in [0.15, 0.2) is 0 Å². The molecule has 6 heteroatoms. The third-order valence-corrected chi connectivity index (χ3v) is 4.93. The Morgan fingerprint density at radius 1 is 1.36 bits per heavy atom. The summed E-state index contributed by atoms with van der Waals surface area (Å²) in [6.45, 7) is 2.45. The van der Waals surface area contributed by atoms with Crippen LogP contribution in [-0.2, 0) is 4.79 Å². The predicted molar refractivity (Wildman–Crippen MR) is 83.1 cm³/mol. The van der Waals surface area contributed by atoms with E-state index in [1.54, 1.807) is 11.8 Å². The van der Waals surface area contributed by atoms with Crippen molar-refractivity contribution in [1.29, 1.82) is 0 Å². The van der Waals surface area contributed by atoms with Crippen molar-refractivity contribution in [2.75, 3.05) is 13.1 Å². The van der Waals surface area contributed by atoms with Crippen LogP contribution in [-0.4, -0.2) is 41.1 Å². The number of nitrogens with zero attached hydrogens (tertiary/aromatic N) is 1. The summed E-state index contributed by atoms with van der Waals surface area (Å²) >= 11 is 5.87. The Hall–Kier alpha value is -1.75. The highest BCUT2D eigenvalue weighted by Crippen LogP contribution is 2.41. The largest absolute Gasteiger partial charge is 0.481 e. The second-order valence-electron chi connectivity index (χ2n) is 6.49. The third-order valence-electron chi connectivity index (χ3n) is 4.67. The number of carboxylic acid groups (broad SMARTS) is 1. The maximum atomic E-state index is 12.2. The first-order valence-corrected chi connectivity index (χ1v) is 7.81. The van der Waals surface area contributed by atoms with Crippen LogP contribution in [0.1, 0.15) is 31.2 Å². The first-order chi connectivity index (χ1) is 10.4. The second kappa shape index (κ2) is 5.47. The molecule has 3 atom stereocenters. The number of hydrogen-bond acceptors (Lipinski definition) is 2. The molecule has 1 saturated heterocycles. The number of likely N-dealkylation sites (tertiary alicyclic amines) is 1. The molecule has 2 aliphatic rings. The Bertz CT molecular complexity index is 604. The van der Waals surface area contributed by atoms with Crippen molar-refractivity contribution in [2.24, 2.45) is 5.41 Å². The molecule has 0 bridgehead atoms. The van der Waals surface area contributed by atoms with Crippen LogP contribution in [0, 0.1) is 5.41 Å². The summed E-state index contributed by atoms with van der Waals surface area (Å²) < 4.78 is 0. The molecule has 0 spiro atoms. The summed E-state index contributed by atoms with van der Waals surface area (Å²) in [6.07, 6.45) is 1.42. The van der Waals surface area contributed by atoms with Gasteiger partial charge in [0.05, 0.1) is 5.41 Å². The van der Waals surface area contributed by atoms with Crippen molar-refractivity contribution >= 4 is 23.6 Å². The van der Waals surface area contributed by atoms with E-state index in [1.807, 2.05) is 24.3 Å². The van der Waals surface area contributed by atoms with E-state index in [1.165, 1.54) is 5.56 Å². The van der Waals surface area contributed by atoms with Crippen LogP contribution in [0.25, 0.3) is 0 Å². The molecule has 1 aromatic rings. The summed E-state index contributed by atoms with van der Waals surface area (Å²) in [5, 5.41) is 12.9. The summed E-state index contributed by atoms with van der Waals surface area (Å²) in [5.41, 5.74) is 0.350. The lowest BCUT2D eigenvalue weighted by molar-refractivity contribution is -0.146. The fourth-order valence-electron chi connectivity index (χ4n) is 2.99. The molecular formula is C16H19ClN2O3. The van der Waals surface area contributed by atoms with Crippen LogP contribution >= 0.6 is 11.6 Å². The van der Waals surface area contributed by atoms with Crippen molar-refractivity contribution < 1.29 is 14.7 Å². The SMILES string of the molecule is CC1(C(=O)O)CCN(C(=O)N[C@@H]2C[C@H]2c2ccc(Cl)cc2)C1. The molecule has 0 radical (unpaired) electrons. The smallest absolute Gasteiger partial charge is 0.317 e. The normalized spacial score (nSPS) is 30.2. The van der Waals surface area contributed by atoms with Crippen LogP contribution < -0.4 is 5.32 Å². The van der Waals surface area contributed by atoms with Gasteiger partial charge in [0.2, 0.25) is 0 Å². The Balaban J connectivity index is 1.54. The molecule has 2 N–H and O–H groups in total. The Labute approximate surface area is 134 Å². The average Bonchev–Trinajstić information content (AvgIpc) is 3.10. The molecule has 2 fully saturated rings. The number of carbonyl (C=O) groups is 2. The van der Waals surface area contributed by atoms with E-state index in [-0.39, 0.29) is 18.6 Å². The number of carboxylic acids is 1. The lowest BCUT2D eigenvalue weighted by Crippen LogP contribution is -2.42. The van der Waals surface area contributed by atoms with Gasteiger partial charge in [-0.2, -0.15) is 0 Å². The van der Waals surface area contributed by atoms with Gasteiger partial charge in [-0.05, 0) is 37.5 Å². The van der Waals surface area contributed by atoms with Crippen molar-refractivity contribution in [3.63, 3.8) is 0 Å².